The lowest BCUT2D eigenvalue weighted by atomic mass is 9.94. The van der Waals surface area contributed by atoms with Gasteiger partial charge in [0.05, 0.1) is 13.2 Å². The minimum absolute atomic E-state index is 0.0642. The number of nitrogens with two attached hydrogens (primary N) is 1. The molecule has 11 heteroatoms. The first-order chi connectivity index (χ1) is 17.3. The molecule has 3 rings (SSSR count). The Balaban J connectivity index is 0.00000145. The molecule has 0 bridgehead atoms. The first kappa shape index (κ1) is 29.1. The summed E-state index contributed by atoms with van der Waals surface area (Å²) in [4.78, 5) is 48.8. The second-order valence-electron chi connectivity index (χ2n) is 9.00. The third-order valence-electron chi connectivity index (χ3n) is 6.85. The molecule has 0 spiro atoms. The zero-order chi connectivity index (χ0) is 26.7. The van der Waals surface area contributed by atoms with Gasteiger partial charge in [0.2, 0.25) is 17.7 Å². The number of amides is 3. The van der Waals surface area contributed by atoms with Crippen LogP contribution in [-0.4, -0.2) is 78.6 Å². The van der Waals surface area contributed by atoms with Gasteiger partial charge >= 0.3 is 0 Å². The zero-order valence-electron chi connectivity index (χ0n) is 20.9. The smallest absolute Gasteiger partial charge is 0.246 e. The predicted molar refractivity (Wildman–Crippen MR) is 129 cm³/mol. The van der Waals surface area contributed by atoms with Crippen molar-refractivity contribution >= 4 is 24.2 Å². The number of hydrogen-bond donors (Lipinski definition) is 4. The van der Waals surface area contributed by atoms with E-state index in [4.69, 9.17) is 20.4 Å². The van der Waals surface area contributed by atoms with Crippen molar-refractivity contribution in [2.75, 3.05) is 20.3 Å². The van der Waals surface area contributed by atoms with Crippen LogP contribution in [0.5, 0.6) is 5.75 Å². The largest absolute Gasteiger partial charge is 0.554 e. The number of carbonyl (C=O) groups excluding carboxylic acids is 4. The van der Waals surface area contributed by atoms with Crippen LogP contribution in [-0.2, 0) is 25.6 Å². The summed E-state index contributed by atoms with van der Waals surface area (Å²) in [6.07, 6.45) is 3.72. The molecule has 3 amide bonds. The molecule has 2 aliphatic heterocycles. The molecule has 11 nitrogen and oxygen atoms in total. The molecule has 0 aliphatic carbocycles. The van der Waals surface area contributed by atoms with E-state index in [0.717, 1.165) is 17.7 Å². The molecule has 200 valence electrons. The van der Waals surface area contributed by atoms with E-state index in [1.54, 1.807) is 18.9 Å². The highest BCUT2D eigenvalue weighted by Gasteiger charge is 2.47. The highest BCUT2D eigenvalue weighted by molar-refractivity contribution is 5.94. The summed E-state index contributed by atoms with van der Waals surface area (Å²) in [7, 11) is 1.62. The van der Waals surface area contributed by atoms with Crippen LogP contribution in [0.25, 0.3) is 0 Å². The summed E-state index contributed by atoms with van der Waals surface area (Å²) in [5.74, 6) is -0.511. The van der Waals surface area contributed by atoms with Crippen LogP contribution in [0.1, 0.15) is 44.6 Å². The van der Waals surface area contributed by atoms with Crippen molar-refractivity contribution in [1.29, 1.82) is 0 Å². The van der Waals surface area contributed by atoms with Crippen LogP contribution in [0.15, 0.2) is 24.3 Å². The topological polar surface area (TPSA) is 174 Å². The number of nitrogens with one attached hydrogen (secondary N) is 2. The van der Waals surface area contributed by atoms with Gasteiger partial charge < -0.3 is 41.0 Å². The van der Waals surface area contributed by atoms with E-state index in [1.807, 2.05) is 24.3 Å². The number of aliphatic hydroxyl groups is 1. The highest BCUT2D eigenvalue weighted by Crippen LogP contribution is 2.34. The Morgan fingerprint density at radius 3 is 2.47 bits per heavy atom. The molecule has 1 aromatic carbocycles. The Labute approximate surface area is 211 Å². The molecule has 2 saturated heterocycles. The lowest BCUT2D eigenvalue weighted by molar-refractivity contribution is -0.283. The second-order valence-corrected chi connectivity index (χ2v) is 9.00. The summed E-state index contributed by atoms with van der Waals surface area (Å²) in [6, 6.07) is 5.44. The Morgan fingerprint density at radius 1 is 1.25 bits per heavy atom. The molecule has 2 aliphatic rings. The number of carboxylic acid groups (broad SMARTS) is 1. The molecule has 0 aromatic heterocycles. The maximum absolute atomic E-state index is 13.5. The standard InChI is InChI=1S/C24H36N4O5.CH2O2/c1-3-19(25)22(30)27-21-16(14-29)6-7-17-8-11-20(28(17)24(21)32)23(31)26-13-12-15-4-9-18(33-2)10-5-15;2-1-3/h4-5,9-10,16-17,19-21,29H,3,6-8,11-14,25H2,1-2H3,(H,26,31)(H,27,30);1H,(H,2,3)/p-1/t16-,17+,19+,20+,21+;/m1./s1. The Morgan fingerprint density at radius 2 is 1.89 bits per heavy atom. The molecule has 2 fully saturated rings. The van der Waals surface area contributed by atoms with E-state index >= 15 is 0 Å². The lowest BCUT2D eigenvalue weighted by Crippen LogP contribution is -2.58. The fourth-order valence-corrected chi connectivity index (χ4v) is 4.75. The quantitative estimate of drug-likeness (QED) is 0.300. The van der Waals surface area contributed by atoms with E-state index in [2.05, 4.69) is 10.6 Å². The van der Waals surface area contributed by atoms with Gasteiger partial charge in [0.15, 0.2) is 0 Å². The summed E-state index contributed by atoms with van der Waals surface area (Å²) >= 11 is 0. The normalized spacial score (nSPS) is 23.9. The van der Waals surface area contributed by atoms with Gasteiger partial charge in [-0.1, -0.05) is 19.1 Å². The second kappa shape index (κ2) is 14.4. The first-order valence-corrected chi connectivity index (χ1v) is 12.3. The third kappa shape index (κ3) is 7.41. The number of carbonyl (C=O) groups is 4. The SMILES string of the molecule is CC[C@H](N)C(=O)N[C@@H]1C(=O)N2[C@@H](CC[C@@H]1CO)CC[C@H]2C(=O)NCCc1ccc(OC)cc1.O=C[O-]. The molecule has 36 heavy (non-hydrogen) atoms. The van der Waals surface area contributed by atoms with Crippen molar-refractivity contribution < 1.29 is 34.1 Å². The molecular weight excluding hydrogens is 468 g/mol. The van der Waals surface area contributed by atoms with Crippen LogP contribution in [0, 0.1) is 5.92 Å². The van der Waals surface area contributed by atoms with Gasteiger partial charge in [-0.3, -0.25) is 14.4 Å². The maximum Gasteiger partial charge on any atom is 0.246 e. The number of hydrogen-bond acceptors (Lipinski definition) is 8. The molecule has 0 radical (unpaired) electrons. The van der Waals surface area contributed by atoms with Crippen LogP contribution in [0.4, 0.5) is 0 Å². The minimum atomic E-state index is -0.877. The highest BCUT2D eigenvalue weighted by atomic mass is 16.5. The van der Waals surface area contributed by atoms with Crippen molar-refractivity contribution in [2.24, 2.45) is 11.7 Å². The first-order valence-electron chi connectivity index (χ1n) is 12.3. The van der Waals surface area contributed by atoms with E-state index in [9.17, 15) is 19.5 Å². The number of rotatable bonds is 9. The molecule has 5 atom stereocenters. The molecule has 0 unspecified atom stereocenters. The van der Waals surface area contributed by atoms with E-state index in [-0.39, 0.29) is 24.5 Å². The summed E-state index contributed by atoms with van der Waals surface area (Å²) in [5.41, 5.74) is 6.91. The van der Waals surface area contributed by atoms with Crippen molar-refractivity contribution in [3.05, 3.63) is 29.8 Å². The van der Waals surface area contributed by atoms with Gasteiger partial charge in [-0.2, -0.15) is 0 Å². The Hall–Kier alpha value is -3.18. The Kier molecular flexibility index (Phi) is 11.6. The monoisotopic (exact) mass is 505 g/mol. The molecule has 5 N–H and O–H groups in total. The Bertz CT molecular complexity index is 880. The average molecular weight is 506 g/mol. The van der Waals surface area contributed by atoms with Gasteiger partial charge in [0.1, 0.15) is 17.8 Å². The molecule has 0 saturated carbocycles. The number of benzene rings is 1. The fourth-order valence-electron chi connectivity index (χ4n) is 4.75. The summed E-state index contributed by atoms with van der Waals surface area (Å²) < 4.78 is 5.16. The van der Waals surface area contributed by atoms with Crippen molar-refractivity contribution in [1.82, 2.24) is 15.5 Å². The predicted octanol–water partition coefficient (Wildman–Crippen LogP) is -1.30. The van der Waals surface area contributed by atoms with Gasteiger partial charge in [0.25, 0.3) is 0 Å². The number of nitrogens with zero attached hydrogens (tertiary/aromatic N) is 1. The minimum Gasteiger partial charge on any atom is -0.554 e. The summed E-state index contributed by atoms with van der Waals surface area (Å²) in [6.45, 7) is 1.54. The van der Waals surface area contributed by atoms with E-state index in [0.29, 0.717) is 38.6 Å². The number of fused-ring (bicyclic) bond motifs is 1. The van der Waals surface area contributed by atoms with Gasteiger partial charge in [0, 0.05) is 31.6 Å². The maximum atomic E-state index is 13.5. The molecule has 2 heterocycles. The number of methoxy groups -OCH3 is 1. The molecular formula is C25H37N4O7-. The van der Waals surface area contributed by atoms with Crippen LogP contribution >= 0.6 is 0 Å². The van der Waals surface area contributed by atoms with E-state index in [1.165, 1.54) is 0 Å². The van der Waals surface area contributed by atoms with Crippen molar-refractivity contribution in [3.63, 3.8) is 0 Å². The van der Waals surface area contributed by atoms with Gasteiger partial charge in [-0.15, -0.1) is 0 Å². The zero-order valence-corrected chi connectivity index (χ0v) is 20.9. The lowest BCUT2D eigenvalue weighted by Gasteiger charge is -2.32. The van der Waals surface area contributed by atoms with Crippen LogP contribution in [0.3, 0.4) is 0 Å². The van der Waals surface area contributed by atoms with Crippen molar-refractivity contribution in [2.45, 2.75) is 69.6 Å². The average Bonchev–Trinajstić information content (AvgIpc) is 3.27. The fraction of sp³-hybridized carbons (Fsp3) is 0.600. The van der Waals surface area contributed by atoms with Crippen LogP contribution in [0.2, 0.25) is 0 Å². The van der Waals surface area contributed by atoms with Crippen LogP contribution < -0.4 is 26.2 Å². The van der Waals surface area contributed by atoms with Gasteiger partial charge in [-0.25, -0.2) is 0 Å². The number of aliphatic hydroxyl groups excluding tert-OH is 1. The summed E-state index contributed by atoms with van der Waals surface area (Å²) in [5, 5.41) is 23.8. The molecule has 1 aromatic rings. The van der Waals surface area contributed by atoms with Gasteiger partial charge in [-0.05, 0) is 56.2 Å². The third-order valence-corrected chi connectivity index (χ3v) is 6.85. The number of ether oxygens (including phenoxy) is 1. The van der Waals surface area contributed by atoms with E-state index < -0.39 is 36.4 Å². The van der Waals surface area contributed by atoms with Crippen molar-refractivity contribution in [3.8, 4) is 5.75 Å².